The van der Waals surface area contributed by atoms with Crippen LogP contribution in [0, 0.1) is 0 Å². The van der Waals surface area contributed by atoms with Crippen molar-refractivity contribution < 1.29 is 50.3 Å². The highest BCUT2D eigenvalue weighted by molar-refractivity contribution is 5.65. The Balaban J connectivity index is 1.66. The summed E-state index contributed by atoms with van der Waals surface area (Å²) in [7, 11) is 0. The molecule has 0 spiro atoms. The largest absolute Gasteiger partial charge is 0.394 e. The zero-order valence-corrected chi connectivity index (χ0v) is 19.3. The number of rotatable bonds is 7. The molecule has 2 aliphatic heterocycles. The molecule has 0 amide bonds. The molecule has 0 saturated carbocycles. The molecule has 2 fully saturated rings. The number of hydrogen-bond acceptors (Lipinski definition) is 10. The van der Waals surface area contributed by atoms with Gasteiger partial charge in [0.15, 0.2) is 0 Å². The molecule has 0 radical (unpaired) electrons. The predicted molar refractivity (Wildman–Crippen MR) is 125 cm³/mol. The highest BCUT2D eigenvalue weighted by Crippen LogP contribution is 2.33. The van der Waals surface area contributed by atoms with E-state index in [4.69, 9.17) is 9.47 Å². The van der Waals surface area contributed by atoms with Crippen molar-refractivity contribution in [1.29, 1.82) is 0 Å². The quantitative estimate of drug-likeness (QED) is 0.209. The molecular weight excluding hydrogens is 460 g/mol. The molecule has 8 N–H and O–H groups in total. The molecule has 2 heterocycles. The minimum absolute atomic E-state index is 0.351. The third-order valence-electron chi connectivity index (χ3n) is 6.50. The smallest absolute Gasteiger partial charge is 0.113 e. The maximum atomic E-state index is 10.3. The topological polar surface area (TPSA) is 180 Å². The summed E-state index contributed by atoms with van der Waals surface area (Å²) in [6.45, 7) is 4.70. The lowest BCUT2D eigenvalue weighted by atomic mass is 9.90. The van der Waals surface area contributed by atoms with Crippen LogP contribution in [0.15, 0.2) is 54.6 Å². The predicted octanol–water partition coefficient (Wildman–Crippen LogP) is -1.44. The van der Waals surface area contributed by atoms with Gasteiger partial charge in [0.1, 0.15) is 61.0 Å². The molecule has 0 bridgehead atoms. The van der Waals surface area contributed by atoms with Gasteiger partial charge in [0, 0.05) is 0 Å². The fourth-order valence-electron chi connectivity index (χ4n) is 4.23. The fraction of sp³-hybridized carbons (Fsp3) is 0.520. The number of ether oxygens (including phenoxy) is 2. The zero-order valence-electron chi connectivity index (χ0n) is 19.3. The van der Waals surface area contributed by atoms with Crippen molar-refractivity contribution in [3.63, 3.8) is 0 Å². The van der Waals surface area contributed by atoms with Crippen molar-refractivity contribution in [1.82, 2.24) is 0 Å². The molecule has 0 aromatic heterocycles. The first-order valence-corrected chi connectivity index (χ1v) is 11.4. The van der Waals surface area contributed by atoms with Gasteiger partial charge < -0.3 is 50.3 Å². The van der Waals surface area contributed by atoms with Gasteiger partial charge >= 0.3 is 0 Å². The van der Waals surface area contributed by atoms with Gasteiger partial charge in [0.05, 0.1) is 13.2 Å². The Hall–Kier alpha value is -1.96. The lowest BCUT2D eigenvalue weighted by Gasteiger charge is -2.40. The summed E-state index contributed by atoms with van der Waals surface area (Å²) in [5, 5.41) is 78.9. The van der Waals surface area contributed by atoms with Crippen LogP contribution in [-0.4, -0.2) is 109 Å². The Bertz CT molecular complexity index is 909. The molecule has 1 aromatic carbocycles. The van der Waals surface area contributed by atoms with E-state index < -0.39 is 74.3 Å². The van der Waals surface area contributed by atoms with E-state index in [1.54, 1.807) is 42.5 Å². The monoisotopic (exact) mass is 494 g/mol. The van der Waals surface area contributed by atoms with Gasteiger partial charge in [0.2, 0.25) is 0 Å². The maximum Gasteiger partial charge on any atom is 0.113 e. The first-order valence-electron chi connectivity index (χ1n) is 11.4. The summed E-state index contributed by atoms with van der Waals surface area (Å²) >= 11 is 0. The molecule has 35 heavy (non-hydrogen) atoms. The van der Waals surface area contributed by atoms with Crippen LogP contribution in [0.5, 0.6) is 0 Å². The molecule has 10 atom stereocenters. The second-order valence-electron chi connectivity index (χ2n) is 8.90. The fourth-order valence-corrected chi connectivity index (χ4v) is 4.23. The van der Waals surface area contributed by atoms with Crippen molar-refractivity contribution >= 4 is 5.57 Å². The van der Waals surface area contributed by atoms with Gasteiger partial charge in [-0.3, -0.25) is 0 Å². The Morgan fingerprint density at radius 3 is 1.91 bits per heavy atom. The summed E-state index contributed by atoms with van der Waals surface area (Å²) < 4.78 is 11.1. The average molecular weight is 495 g/mol. The Morgan fingerprint density at radius 2 is 1.34 bits per heavy atom. The summed E-state index contributed by atoms with van der Waals surface area (Å²) in [4.78, 5) is 0. The van der Waals surface area contributed by atoms with E-state index in [2.05, 4.69) is 6.58 Å². The van der Waals surface area contributed by atoms with Crippen molar-refractivity contribution in [3.8, 4) is 0 Å². The van der Waals surface area contributed by atoms with E-state index in [9.17, 15) is 40.9 Å². The summed E-state index contributed by atoms with van der Waals surface area (Å²) in [6, 6.07) is 7.03. The summed E-state index contributed by atoms with van der Waals surface area (Å²) in [5.41, 5.74) is 2.64. The minimum Gasteiger partial charge on any atom is -0.394 e. The molecule has 10 heteroatoms. The molecule has 0 aliphatic carbocycles. The van der Waals surface area contributed by atoms with Crippen LogP contribution in [0.2, 0.25) is 0 Å². The van der Waals surface area contributed by atoms with E-state index in [0.29, 0.717) is 11.1 Å². The third kappa shape index (κ3) is 5.89. The van der Waals surface area contributed by atoms with Crippen LogP contribution in [0.25, 0.3) is 5.57 Å². The van der Waals surface area contributed by atoms with Gasteiger partial charge in [0.25, 0.3) is 0 Å². The van der Waals surface area contributed by atoms with E-state index in [1.165, 1.54) is 0 Å². The first-order chi connectivity index (χ1) is 16.6. The molecule has 2 aliphatic rings. The van der Waals surface area contributed by atoms with Crippen molar-refractivity contribution in [2.45, 2.75) is 68.0 Å². The second-order valence-corrected chi connectivity index (χ2v) is 8.90. The highest BCUT2D eigenvalue weighted by atomic mass is 16.6. The van der Waals surface area contributed by atoms with Gasteiger partial charge in [-0.25, -0.2) is 0 Å². The lowest BCUT2D eigenvalue weighted by molar-refractivity contribution is -0.231. The lowest BCUT2D eigenvalue weighted by Crippen LogP contribution is -2.58. The van der Waals surface area contributed by atoms with Gasteiger partial charge in [-0.2, -0.15) is 0 Å². The number of benzene rings is 1. The molecule has 194 valence electrons. The van der Waals surface area contributed by atoms with Crippen LogP contribution in [0.4, 0.5) is 0 Å². The molecule has 0 unspecified atom stereocenters. The second kappa shape index (κ2) is 11.8. The van der Waals surface area contributed by atoms with Crippen LogP contribution < -0.4 is 0 Å². The molecule has 3 rings (SSSR count). The van der Waals surface area contributed by atoms with Crippen molar-refractivity contribution in [2.75, 3.05) is 13.2 Å². The van der Waals surface area contributed by atoms with Gasteiger partial charge in [-0.05, 0) is 29.2 Å². The van der Waals surface area contributed by atoms with Gasteiger partial charge in [-0.1, -0.05) is 49.1 Å². The summed E-state index contributed by atoms with van der Waals surface area (Å²) in [6.07, 6.45) is -7.36. The van der Waals surface area contributed by atoms with Gasteiger partial charge in [-0.15, -0.1) is 0 Å². The van der Waals surface area contributed by atoms with E-state index >= 15 is 0 Å². The Morgan fingerprint density at radius 1 is 0.800 bits per heavy atom. The number of hydrogen-bond donors (Lipinski definition) is 8. The average Bonchev–Trinajstić information content (AvgIpc) is 2.86. The standard InChI is InChI=1S/C25H34O10/c1-12(4-3-5-13(2)24-22(32)20(30)18(28)16(10-26)34-24)14-6-8-15(9-7-14)25-23(33)21(31)19(29)17(11-27)35-25/h3-9,16-33H,2,10-11H2,1H3/b5-3-,12-4+/t16-,17-,18-,19-,20+,21+,22+,23+,24-,25-/m1/s1. The van der Waals surface area contributed by atoms with Crippen LogP contribution in [0.1, 0.15) is 24.2 Å². The van der Waals surface area contributed by atoms with E-state index in [0.717, 1.165) is 11.1 Å². The molecule has 10 nitrogen and oxygen atoms in total. The maximum absolute atomic E-state index is 10.3. The Labute approximate surface area is 203 Å². The normalized spacial score (nSPS) is 38.6. The van der Waals surface area contributed by atoms with E-state index in [1.807, 2.05) is 6.92 Å². The first kappa shape index (κ1) is 27.6. The van der Waals surface area contributed by atoms with Crippen molar-refractivity contribution in [2.24, 2.45) is 0 Å². The third-order valence-corrected chi connectivity index (χ3v) is 6.50. The van der Waals surface area contributed by atoms with Crippen LogP contribution in [0.3, 0.4) is 0 Å². The zero-order chi connectivity index (χ0) is 25.9. The number of aliphatic hydroxyl groups excluding tert-OH is 8. The Kier molecular flexibility index (Phi) is 9.35. The van der Waals surface area contributed by atoms with Crippen LogP contribution >= 0.6 is 0 Å². The molecular formula is C25H34O10. The number of allylic oxidation sites excluding steroid dienone is 3. The van der Waals surface area contributed by atoms with Crippen LogP contribution in [-0.2, 0) is 9.47 Å². The molecule has 2 saturated heterocycles. The minimum atomic E-state index is -1.48. The summed E-state index contributed by atoms with van der Waals surface area (Å²) in [5.74, 6) is 0. The van der Waals surface area contributed by atoms with Crippen molar-refractivity contribution in [3.05, 3.63) is 65.8 Å². The SMILES string of the molecule is C=C(/C=C\C=C(/C)c1ccc([C@H]2O[C@H](CO)[C@@H](O)[C@H](O)[C@@H]2O)cc1)[C@H]1O[C@H](CO)[C@@H](O)[C@H](O)[C@@H]1O. The highest BCUT2D eigenvalue weighted by Gasteiger charge is 2.44. The number of aliphatic hydroxyl groups is 8. The molecule has 1 aromatic rings. The van der Waals surface area contributed by atoms with E-state index in [-0.39, 0.29) is 0 Å².